The van der Waals surface area contributed by atoms with Crippen molar-refractivity contribution in [3.63, 3.8) is 0 Å². The normalized spacial score (nSPS) is 12.1. The van der Waals surface area contributed by atoms with Crippen molar-refractivity contribution in [3.05, 3.63) is 53.4 Å². The van der Waals surface area contributed by atoms with Crippen LogP contribution in [0.1, 0.15) is 64.4 Å². The van der Waals surface area contributed by atoms with Gasteiger partial charge in [0, 0.05) is 22.6 Å². The highest BCUT2D eigenvalue weighted by molar-refractivity contribution is 5.62. The number of benzene rings is 1. The van der Waals surface area contributed by atoms with E-state index in [-0.39, 0.29) is 10.8 Å². The summed E-state index contributed by atoms with van der Waals surface area (Å²) in [5.74, 6) is 2.05. The lowest BCUT2D eigenvalue weighted by molar-refractivity contribution is 0.497. The van der Waals surface area contributed by atoms with E-state index >= 15 is 0 Å². The zero-order valence-electron chi connectivity index (χ0n) is 17.6. The fourth-order valence-corrected chi connectivity index (χ4v) is 2.67. The van der Waals surface area contributed by atoms with Crippen molar-refractivity contribution in [1.29, 1.82) is 5.26 Å². The Morgan fingerprint density at radius 2 is 1.50 bits per heavy atom. The Morgan fingerprint density at radius 3 is 1.96 bits per heavy atom. The molecule has 0 aliphatic carbocycles. The van der Waals surface area contributed by atoms with Gasteiger partial charge in [0.25, 0.3) is 0 Å². The van der Waals surface area contributed by atoms with Gasteiger partial charge in [-0.25, -0.2) is 19.6 Å². The van der Waals surface area contributed by atoms with Crippen molar-refractivity contribution in [3.8, 4) is 23.1 Å². The third kappa shape index (κ3) is 4.09. The lowest BCUT2D eigenvalue weighted by atomic mass is 9.93. The fourth-order valence-electron chi connectivity index (χ4n) is 2.67. The summed E-state index contributed by atoms with van der Waals surface area (Å²) in [5.41, 5.74) is 2.60. The molecule has 0 saturated carbocycles. The van der Waals surface area contributed by atoms with E-state index in [1.54, 1.807) is 4.68 Å². The first-order valence-corrected chi connectivity index (χ1v) is 9.32. The van der Waals surface area contributed by atoms with Gasteiger partial charge in [-0.1, -0.05) is 41.5 Å². The molecule has 2 aromatic heterocycles. The molecular formula is C22H26N6. The van der Waals surface area contributed by atoms with Crippen molar-refractivity contribution in [2.24, 2.45) is 0 Å². The Hall–Kier alpha value is -3.07. The summed E-state index contributed by atoms with van der Waals surface area (Å²) in [4.78, 5) is 14.2. The summed E-state index contributed by atoms with van der Waals surface area (Å²) in [6.07, 6.45) is 1.88. The molecule has 3 aromatic rings. The molecular weight excluding hydrogens is 348 g/mol. The third-order valence-electron chi connectivity index (χ3n) is 4.27. The van der Waals surface area contributed by atoms with Gasteiger partial charge in [0.2, 0.25) is 0 Å². The first-order chi connectivity index (χ1) is 13.0. The van der Waals surface area contributed by atoms with Gasteiger partial charge in [-0.05, 0) is 31.2 Å². The van der Waals surface area contributed by atoms with Gasteiger partial charge >= 0.3 is 0 Å². The van der Waals surface area contributed by atoms with E-state index in [4.69, 9.17) is 15.0 Å². The van der Waals surface area contributed by atoms with Gasteiger partial charge in [0.1, 0.15) is 11.6 Å². The molecule has 0 fully saturated rings. The van der Waals surface area contributed by atoms with Crippen LogP contribution < -0.4 is 0 Å². The smallest absolute Gasteiger partial charge is 0.163 e. The van der Waals surface area contributed by atoms with Crippen molar-refractivity contribution >= 4 is 0 Å². The predicted octanol–water partition coefficient (Wildman–Crippen LogP) is 4.50. The van der Waals surface area contributed by atoms with E-state index in [9.17, 15) is 5.26 Å². The Morgan fingerprint density at radius 1 is 0.893 bits per heavy atom. The molecule has 0 unspecified atom stereocenters. The second kappa shape index (κ2) is 6.83. The van der Waals surface area contributed by atoms with Crippen LogP contribution in [0.5, 0.6) is 0 Å². The Labute approximate surface area is 166 Å². The van der Waals surface area contributed by atoms with E-state index in [0.717, 1.165) is 28.6 Å². The molecule has 3 rings (SSSR count). The monoisotopic (exact) mass is 374 g/mol. The summed E-state index contributed by atoms with van der Waals surface area (Å²) < 4.78 is 1.76. The molecule has 0 spiro atoms. The van der Waals surface area contributed by atoms with Crippen LogP contribution >= 0.6 is 0 Å². The number of aromatic nitrogens is 5. The maximum atomic E-state index is 9.52. The fraction of sp³-hybridized carbons (Fsp3) is 0.409. The molecule has 0 radical (unpaired) electrons. The van der Waals surface area contributed by atoms with Crippen molar-refractivity contribution in [2.75, 3.05) is 0 Å². The second-order valence-corrected chi connectivity index (χ2v) is 9.09. The first-order valence-electron chi connectivity index (χ1n) is 9.32. The zero-order chi connectivity index (χ0) is 20.7. The molecule has 0 aliphatic heterocycles. The molecule has 6 heteroatoms. The molecule has 2 heterocycles. The largest absolute Gasteiger partial charge is 0.241 e. The van der Waals surface area contributed by atoms with Crippen LogP contribution in [-0.4, -0.2) is 24.7 Å². The van der Waals surface area contributed by atoms with Crippen LogP contribution in [0, 0.1) is 18.3 Å². The highest BCUT2D eigenvalue weighted by atomic mass is 15.3. The van der Waals surface area contributed by atoms with Crippen LogP contribution in [0.25, 0.3) is 17.1 Å². The molecule has 1 aromatic carbocycles. The van der Waals surface area contributed by atoms with Gasteiger partial charge in [-0.3, -0.25) is 0 Å². The predicted molar refractivity (Wildman–Crippen MR) is 109 cm³/mol. The third-order valence-corrected chi connectivity index (χ3v) is 4.27. The van der Waals surface area contributed by atoms with Crippen LogP contribution in [0.3, 0.4) is 0 Å². The number of aryl methyl sites for hydroxylation is 1. The first kappa shape index (κ1) is 19.7. The minimum absolute atomic E-state index is 0.216. The van der Waals surface area contributed by atoms with Crippen molar-refractivity contribution < 1.29 is 0 Å². The summed E-state index contributed by atoms with van der Waals surface area (Å²) in [7, 11) is 0. The van der Waals surface area contributed by atoms with E-state index in [1.807, 2.05) is 37.4 Å². The highest BCUT2D eigenvalue weighted by Crippen LogP contribution is 2.28. The number of hydrogen-bond donors (Lipinski definition) is 0. The quantitative estimate of drug-likeness (QED) is 0.660. The zero-order valence-corrected chi connectivity index (χ0v) is 17.6. The number of hydrogen-bond acceptors (Lipinski definition) is 5. The Balaban J connectivity index is 2.24. The van der Waals surface area contributed by atoms with E-state index in [1.165, 1.54) is 0 Å². The molecule has 0 saturated heterocycles. The van der Waals surface area contributed by atoms with Crippen molar-refractivity contribution in [2.45, 2.75) is 59.3 Å². The molecule has 0 atom stereocenters. The maximum absolute atomic E-state index is 9.52. The molecule has 144 valence electrons. The highest BCUT2D eigenvalue weighted by Gasteiger charge is 2.25. The summed E-state index contributed by atoms with van der Waals surface area (Å²) >= 11 is 0. The number of nitriles is 1. The van der Waals surface area contributed by atoms with Crippen LogP contribution in [0.15, 0.2) is 30.5 Å². The lowest BCUT2D eigenvalue weighted by Gasteiger charge is -2.22. The van der Waals surface area contributed by atoms with Gasteiger partial charge in [0.05, 0.1) is 23.0 Å². The van der Waals surface area contributed by atoms with Crippen LogP contribution in [0.2, 0.25) is 0 Å². The maximum Gasteiger partial charge on any atom is 0.163 e. The number of nitrogens with zero attached hydrogens (tertiary/aromatic N) is 6. The van der Waals surface area contributed by atoms with Gasteiger partial charge in [-0.15, -0.1) is 0 Å². The SMILES string of the molecule is Cc1ccn(-c2cc(C#N)cc(-c3nc(C(C)(C)C)nc(C(C)(C)C)n3)c2)n1. The standard InChI is InChI=1S/C22H26N6/c1-14-8-9-28(27-14)17-11-15(13-23)10-16(12-17)18-24-19(21(2,3)4)26-20(25-18)22(5,6)7/h8-12H,1-7H3. The Kier molecular flexibility index (Phi) is 4.80. The summed E-state index contributed by atoms with van der Waals surface area (Å²) in [6, 6.07) is 9.74. The van der Waals surface area contributed by atoms with Crippen LogP contribution in [0.4, 0.5) is 0 Å². The van der Waals surface area contributed by atoms with Gasteiger partial charge in [-0.2, -0.15) is 10.4 Å². The topological polar surface area (TPSA) is 80.3 Å². The molecule has 28 heavy (non-hydrogen) atoms. The molecule has 0 N–H and O–H groups in total. The average Bonchev–Trinajstić information content (AvgIpc) is 3.06. The molecule has 0 aliphatic rings. The number of rotatable bonds is 2. The molecule has 6 nitrogen and oxygen atoms in total. The van der Waals surface area contributed by atoms with Crippen LogP contribution in [-0.2, 0) is 10.8 Å². The average molecular weight is 374 g/mol. The van der Waals surface area contributed by atoms with E-state index in [0.29, 0.717) is 11.4 Å². The van der Waals surface area contributed by atoms with Gasteiger partial charge < -0.3 is 0 Å². The lowest BCUT2D eigenvalue weighted by Crippen LogP contribution is -2.24. The minimum Gasteiger partial charge on any atom is -0.241 e. The summed E-state index contributed by atoms with van der Waals surface area (Å²) in [5, 5.41) is 14.0. The molecule has 0 amide bonds. The second-order valence-electron chi connectivity index (χ2n) is 9.09. The van der Waals surface area contributed by atoms with E-state index < -0.39 is 0 Å². The van der Waals surface area contributed by atoms with Gasteiger partial charge in [0.15, 0.2) is 5.82 Å². The Bertz CT molecular complexity index is 1030. The minimum atomic E-state index is -0.216. The van der Waals surface area contributed by atoms with E-state index in [2.05, 4.69) is 52.7 Å². The molecule has 0 bridgehead atoms. The van der Waals surface area contributed by atoms with Crippen molar-refractivity contribution in [1.82, 2.24) is 24.7 Å². The summed E-state index contributed by atoms with van der Waals surface area (Å²) in [6.45, 7) is 14.4.